The van der Waals surface area contributed by atoms with Crippen LogP contribution in [-0.4, -0.2) is 18.4 Å². The summed E-state index contributed by atoms with van der Waals surface area (Å²) in [5.74, 6) is -0.568. The molecule has 1 heterocycles. The van der Waals surface area contributed by atoms with Crippen LogP contribution in [0.1, 0.15) is 21.5 Å². The summed E-state index contributed by atoms with van der Waals surface area (Å²) in [6.07, 6.45) is 2.61. The molecular formula is C19H17NO4S. The Balaban J connectivity index is 1.75. The number of aryl methyl sites for hydroxylation is 1. The van der Waals surface area contributed by atoms with Crippen LogP contribution in [0, 0.1) is 6.92 Å². The van der Waals surface area contributed by atoms with E-state index in [2.05, 4.69) is 0 Å². The van der Waals surface area contributed by atoms with Gasteiger partial charge in [-0.05, 0) is 30.7 Å². The van der Waals surface area contributed by atoms with Crippen LogP contribution in [0.15, 0.2) is 78.0 Å². The lowest BCUT2D eigenvalue weighted by Gasteiger charge is -2.06. The second-order valence-electron chi connectivity index (χ2n) is 5.61. The number of carbonyl (C=O) groups is 1. The molecule has 0 atom stereocenters. The molecule has 0 aliphatic carbocycles. The van der Waals surface area contributed by atoms with Crippen LogP contribution in [0.2, 0.25) is 0 Å². The third-order valence-electron chi connectivity index (χ3n) is 3.71. The van der Waals surface area contributed by atoms with Crippen molar-refractivity contribution in [1.29, 1.82) is 0 Å². The van der Waals surface area contributed by atoms with E-state index >= 15 is 0 Å². The van der Waals surface area contributed by atoms with E-state index in [9.17, 15) is 13.2 Å². The van der Waals surface area contributed by atoms with Gasteiger partial charge in [-0.3, -0.25) is 0 Å². The Labute approximate surface area is 146 Å². The molecule has 0 saturated carbocycles. The normalized spacial score (nSPS) is 11.2. The van der Waals surface area contributed by atoms with Crippen LogP contribution in [0.25, 0.3) is 0 Å². The van der Waals surface area contributed by atoms with Crippen molar-refractivity contribution in [3.63, 3.8) is 0 Å². The molecular weight excluding hydrogens is 339 g/mol. The van der Waals surface area contributed by atoms with Crippen molar-refractivity contribution >= 4 is 16.0 Å². The highest BCUT2D eigenvalue weighted by Gasteiger charge is 2.19. The Kier molecular flexibility index (Phi) is 4.72. The second-order valence-corrected chi connectivity index (χ2v) is 7.45. The van der Waals surface area contributed by atoms with Gasteiger partial charge in [0.1, 0.15) is 6.61 Å². The Morgan fingerprint density at radius 1 is 1.00 bits per heavy atom. The van der Waals surface area contributed by atoms with Crippen LogP contribution in [0.3, 0.4) is 0 Å². The number of nitrogens with zero attached hydrogens (tertiary/aromatic N) is 1. The van der Waals surface area contributed by atoms with E-state index in [1.807, 2.05) is 37.3 Å². The fraction of sp³-hybridized carbons (Fsp3) is 0.105. The number of esters is 1. The van der Waals surface area contributed by atoms with E-state index in [1.165, 1.54) is 30.6 Å². The smallest absolute Gasteiger partial charge is 0.340 e. The van der Waals surface area contributed by atoms with Gasteiger partial charge in [-0.25, -0.2) is 17.2 Å². The fourth-order valence-electron chi connectivity index (χ4n) is 2.29. The Bertz CT molecular complexity index is 974. The molecule has 3 aromatic rings. The van der Waals surface area contributed by atoms with Crippen LogP contribution in [0.4, 0.5) is 0 Å². The molecule has 2 aromatic carbocycles. The molecule has 0 amide bonds. The molecule has 0 fully saturated rings. The molecule has 0 saturated heterocycles. The zero-order chi connectivity index (χ0) is 17.9. The molecule has 25 heavy (non-hydrogen) atoms. The quantitative estimate of drug-likeness (QED) is 0.519. The first-order valence-corrected chi connectivity index (χ1v) is 9.12. The van der Waals surface area contributed by atoms with Crippen LogP contribution in [0.5, 0.6) is 0 Å². The van der Waals surface area contributed by atoms with E-state index in [1.54, 1.807) is 12.1 Å². The molecule has 0 radical (unpaired) electrons. The summed E-state index contributed by atoms with van der Waals surface area (Å²) in [7, 11) is -3.73. The Morgan fingerprint density at radius 3 is 2.36 bits per heavy atom. The first-order valence-electron chi connectivity index (χ1n) is 7.68. The molecule has 5 nitrogen and oxygen atoms in total. The van der Waals surface area contributed by atoms with Gasteiger partial charge in [0.25, 0.3) is 10.0 Å². The van der Waals surface area contributed by atoms with Crippen LogP contribution in [-0.2, 0) is 21.4 Å². The lowest BCUT2D eigenvalue weighted by atomic mass is 10.2. The predicted octanol–water partition coefficient (Wildman–Crippen LogP) is 3.39. The zero-order valence-corrected chi connectivity index (χ0v) is 14.4. The maximum atomic E-state index is 12.6. The van der Waals surface area contributed by atoms with Crippen molar-refractivity contribution in [3.8, 4) is 0 Å². The fourth-order valence-corrected chi connectivity index (χ4v) is 3.48. The predicted molar refractivity (Wildman–Crippen MR) is 93.8 cm³/mol. The van der Waals surface area contributed by atoms with E-state index in [4.69, 9.17) is 4.74 Å². The molecule has 128 valence electrons. The van der Waals surface area contributed by atoms with Gasteiger partial charge >= 0.3 is 5.97 Å². The number of hydrogen-bond acceptors (Lipinski definition) is 4. The van der Waals surface area contributed by atoms with Gasteiger partial charge in [-0.1, -0.05) is 48.0 Å². The molecule has 3 rings (SSSR count). The maximum Gasteiger partial charge on any atom is 0.340 e. The Hall–Kier alpha value is -2.86. The highest BCUT2D eigenvalue weighted by atomic mass is 32.2. The van der Waals surface area contributed by atoms with Crippen molar-refractivity contribution in [1.82, 2.24) is 3.97 Å². The lowest BCUT2D eigenvalue weighted by molar-refractivity contribution is 0.0473. The number of benzene rings is 2. The monoisotopic (exact) mass is 356 g/mol. The minimum Gasteiger partial charge on any atom is -0.457 e. The zero-order valence-electron chi connectivity index (χ0n) is 13.6. The van der Waals surface area contributed by atoms with E-state index < -0.39 is 16.0 Å². The topological polar surface area (TPSA) is 65.4 Å². The molecule has 0 N–H and O–H groups in total. The average molecular weight is 356 g/mol. The third kappa shape index (κ3) is 3.80. The number of rotatable bonds is 5. The standard InChI is InChI=1S/C19H17NO4S/c1-15-7-9-18(10-8-15)25(22,23)20-12-11-17(13-20)19(21)24-14-16-5-3-2-4-6-16/h2-13H,14H2,1H3/i19+1. The van der Waals surface area contributed by atoms with Crippen molar-refractivity contribution in [2.24, 2.45) is 0 Å². The van der Waals surface area contributed by atoms with Gasteiger partial charge in [-0.2, -0.15) is 0 Å². The average Bonchev–Trinajstić information content (AvgIpc) is 3.12. The molecule has 1 aromatic heterocycles. The van der Waals surface area contributed by atoms with E-state index in [-0.39, 0.29) is 17.1 Å². The van der Waals surface area contributed by atoms with Gasteiger partial charge in [0.15, 0.2) is 0 Å². The van der Waals surface area contributed by atoms with Crippen molar-refractivity contribution in [3.05, 3.63) is 89.7 Å². The molecule has 0 aliphatic rings. The highest BCUT2D eigenvalue weighted by Crippen LogP contribution is 2.16. The maximum absolute atomic E-state index is 12.6. The van der Waals surface area contributed by atoms with Gasteiger partial charge in [0.2, 0.25) is 0 Å². The summed E-state index contributed by atoms with van der Waals surface area (Å²) in [6, 6.07) is 17.2. The summed E-state index contributed by atoms with van der Waals surface area (Å²) in [5, 5.41) is 0. The number of hydrogen-bond donors (Lipinski definition) is 0. The van der Waals surface area contributed by atoms with Gasteiger partial charge in [-0.15, -0.1) is 0 Å². The largest absolute Gasteiger partial charge is 0.457 e. The minimum atomic E-state index is -3.73. The lowest BCUT2D eigenvalue weighted by Crippen LogP contribution is -2.11. The molecule has 0 bridgehead atoms. The van der Waals surface area contributed by atoms with Gasteiger partial charge in [0.05, 0.1) is 10.5 Å². The van der Waals surface area contributed by atoms with Gasteiger partial charge < -0.3 is 4.74 Å². The number of aromatic nitrogens is 1. The van der Waals surface area contributed by atoms with Crippen molar-refractivity contribution in [2.45, 2.75) is 18.4 Å². The number of carbonyl (C=O) groups excluding carboxylic acids is 1. The van der Waals surface area contributed by atoms with Crippen molar-refractivity contribution < 1.29 is 17.9 Å². The minimum absolute atomic E-state index is 0.134. The first kappa shape index (κ1) is 17.0. The van der Waals surface area contributed by atoms with Gasteiger partial charge in [0, 0.05) is 12.4 Å². The van der Waals surface area contributed by atoms with Crippen LogP contribution < -0.4 is 0 Å². The van der Waals surface area contributed by atoms with Crippen LogP contribution >= 0.6 is 0 Å². The SMILES string of the molecule is Cc1ccc(S(=O)(=O)n2ccc([13C](=O)OCc3ccccc3)c2)cc1. The number of ether oxygens (including phenoxy) is 1. The molecule has 0 unspecified atom stereocenters. The second kappa shape index (κ2) is 6.94. The summed E-state index contributed by atoms with van der Waals surface area (Å²) >= 11 is 0. The van der Waals surface area contributed by atoms with E-state index in [0.717, 1.165) is 15.1 Å². The summed E-state index contributed by atoms with van der Waals surface area (Å²) in [5.41, 5.74) is 2.02. The Morgan fingerprint density at radius 2 is 1.68 bits per heavy atom. The van der Waals surface area contributed by atoms with Crippen molar-refractivity contribution in [2.75, 3.05) is 0 Å². The summed E-state index contributed by atoms with van der Waals surface area (Å²) in [4.78, 5) is 12.3. The summed E-state index contributed by atoms with van der Waals surface area (Å²) < 4.78 is 31.4. The highest BCUT2D eigenvalue weighted by molar-refractivity contribution is 7.90. The molecule has 0 aliphatic heterocycles. The first-order chi connectivity index (χ1) is 12.0. The summed E-state index contributed by atoms with van der Waals surface area (Å²) in [6.45, 7) is 2.02. The molecule has 6 heteroatoms. The molecule has 0 spiro atoms. The third-order valence-corrected chi connectivity index (χ3v) is 5.36. The van der Waals surface area contributed by atoms with E-state index in [0.29, 0.717) is 0 Å².